The van der Waals surface area contributed by atoms with Gasteiger partial charge < -0.3 is 16.0 Å². The first-order chi connectivity index (χ1) is 7.09. The van der Waals surface area contributed by atoms with E-state index in [9.17, 15) is 9.59 Å². The summed E-state index contributed by atoms with van der Waals surface area (Å²) in [6.45, 7) is 0.396. The fourth-order valence-electron chi connectivity index (χ4n) is 0.953. The van der Waals surface area contributed by atoms with E-state index in [1.165, 1.54) is 18.3 Å². The number of aromatic amines is 1. The molecular formula is C9H11N3O2S. The SMILES string of the molecule is NC(=S)CCNC(=O)c1ccc(=O)[nH]c1. The number of pyridine rings is 1. The van der Waals surface area contributed by atoms with Gasteiger partial charge in [0.1, 0.15) is 0 Å². The van der Waals surface area contributed by atoms with E-state index in [4.69, 9.17) is 5.73 Å². The largest absolute Gasteiger partial charge is 0.393 e. The molecule has 0 bridgehead atoms. The van der Waals surface area contributed by atoms with E-state index in [2.05, 4.69) is 22.5 Å². The number of carbonyl (C=O) groups is 1. The van der Waals surface area contributed by atoms with Gasteiger partial charge in [0.25, 0.3) is 5.91 Å². The van der Waals surface area contributed by atoms with Crippen LogP contribution in [0.25, 0.3) is 0 Å². The molecule has 0 aromatic carbocycles. The van der Waals surface area contributed by atoms with E-state index in [0.717, 1.165) is 0 Å². The van der Waals surface area contributed by atoms with Crippen LogP contribution in [0, 0.1) is 0 Å². The molecule has 0 aliphatic rings. The highest BCUT2D eigenvalue weighted by Gasteiger charge is 2.03. The lowest BCUT2D eigenvalue weighted by atomic mass is 10.2. The third-order valence-electron chi connectivity index (χ3n) is 1.70. The average Bonchev–Trinajstić information content (AvgIpc) is 2.18. The van der Waals surface area contributed by atoms with Gasteiger partial charge in [0, 0.05) is 25.2 Å². The standard InChI is InChI=1S/C9H11N3O2S/c10-7(15)3-4-11-9(14)6-1-2-8(13)12-5-6/h1-2,5H,3-4H2,(H2,10,15)(H,11,14)(H,12,13). The van der Waals surface area contributed by atoms with Gasteiger partial charge in [-0.3, -0.25) is 9.59 Å². The van der Waals surface area contributed by atoms with Gasteiger partial charge in [-0.1, -0.05) is 12.2 Å². The summed E-state index contributed by atoms with van der Waals surface area (Å²) in [7, 11) is 0. The molecule has 1 rings (SSSR count). The monoisotopic (exact) mass is 225 g/mol. The zero-order chi connectivity index (χ0) is 11.3. The molecule has 5 nitrogen and oxygen atoms in total. The van der Waals surface area contributed by atoms with Crippen molar-refractivity contribution in [3.8, 4) is 0 Å². The Hall–Kier alpha value is -1.69. The van der Waals surface area contributed by atoms with E-state index in [0.29, 0.717) is 23.5 Å². The smallest absolute Gasteiger partial charge is 0.252 e. The minimum Gasteiger partial charge on any atom is -0.393 e. The number of nitrogens with one attached hydrogen (secondary N) is 2. The van der Waals surface area contributed by atoms with Crippen molar-refractivity contribution in [1.29, 1.82) is 0 Å². The van der Waals surface area contributed by atoms with Gasteiger partial charge in [-0.25, -0.2) is 0 Å². The van der Waals surface area contributed by atoms with Crippen LogP contribution in [0.4, 0.5) is 0 Å². The van der Waals surface area contributed by atoms with Crippen LogP contribution in [0.15, 0.2) is 23.1 Å². The Bertz CT molecular complexity index is 407. The Kier molecular flexibility index (Phi) is 3.99. The van der Waals surface area contributed by atoms with Crippen LogP contribution in [0.2, 0.25) is 0 Å². The van der Waals surface area contributed by atoms with Gasteiger partial charge in [0.2, 0.25) is 5.56 Å². The lowest BCUT2D eigenvalue weighted by Crippen LogP contribution is -2.27. The van der Waals surface area contributed by atoms with Crippen LogP contribution in [0.1, 0.15) is 16.8 Å². The molecule has 0 aliphatic carbocycles. The third-order valence-corrected chi connectivity index (χ3v) is 1.91. The molecule has 4 N–H and O–H groups in total. The van der Waals surface area contributed by atoms with Crippen LogP contribution >= 0.6 is 12.2 Å². The zero-order valence-corrected chi connectivity index (χ0v) is 8.76. The van der Waals surface area contributed by atoms with E-state index in [1.54, 1.807) is 0 Å². The summed E-state index contributed by atoms with van der Waals surface area (Å²) in [5.41, 5.74) is 5.43. The maximum absolute atomic E-state index is 11.4. The molecule has 15 heavy (non-hydrogen) atoms. The first-order valence-corrected chi connectivity index (χ1v) is 4.75. The quantitative estimate of drug-likeness (QED) is 0.618. The Morgan fingerprint density at radius 3 is 2.80 bits per heavy atom. The average molecular weight is 225 g/mol. The normalized spacial score (nSPS) is 9.60. The van der Waals surface area contributed by atoms with Gasteiger partial charge in [-0.15, -0.1) is 0 Å². The van der Waals surface area contributed by atoms with E-state index in [1.807, 2.05) is 0 Å². The molecule has 0 saturated heterocycles. The lowest BCUT2D eigenvalue weighted by Gasteiger charge is -2.03. The molecule has 1 heterocycles. The van der Waals surface area contributed by atoms with Gasteiger partial charge in [0.05, 0.1) is 10.6 Å². The molecule has 6 heteroatoms. The van der Waals surface area contributed by atoms with Crippen LogP contribution in [-0.2, 0) is 0 Å². The number of hydrogen-bond acceptors (Lipinski definition) is 3. The highest BCUT2D eigenvalue weighted by atomic mass is 32.1. The first-order valence-electron chi connectivity index (χ1n) is 4.35. The third kappa shape index (κ3) is 3.90. The van der Waals surface area contributed by atoms with Crippen molar-refractivity contribution in [2.24, 2.45) is 5.73 Å². The van der Waals surface area contributed by atoms with Crippen molar-refractivity contribution < 1.29 is 4.79 Å². The highest BCUT2D eigenvalue weighted by molar-refractivity contribution is 7.80. The summed E-state index contributed by atoms with van der Waals surface area (Å²) in [5.74, 6) is -0.262. The molecule has 0 atom stereocenters. The lowest BCUT2D eigenvalue weighted by molar-refractivity contribution is 0.0954. The molecule has 80 valence electrons. The Morgan fingerprint density at radius 2 is 2.27 bits per heavy atom. The molecule has 0 radical (unpaired) electrons. The predicted octanol–water partition coefficient (Wildman–Crippen LogP) is -0.219. The number of hydrogen-bond donors (Lipinski definition) is 3. The van der Waals surface area contributed by atoms with Crippen LogP contribution < -0.4 is 16.6 Å². The highest BCUT2D eigenvalue weighted by Crippen LogP contribution is 1.92. The van der Waals surface area contributed by atoms with Crippen LogP contribution in [-0.4, -0.2) is 22.4 Å². The molecule has 1 aromatic heterocycles. The minimum atomic E-state index is -0.262. The summed E-state index contributed by atoms with van der Waals surface area (Å²) in [6.07, 6.45) is 1.82. The molecule has 0 saturated carbocycles. The maximum Gasteiger partial charge on any atom is 0.252 e. The van der Waals surface area contributed by atoms with Gasteiger partial charge in [0.15, 0.2) is 0 Å². The summed E-state index contributed by atoms with van der Waals surface area (Å²) in [4.78, 5) is 24.9. The second kappa shape index (κ2) is 5.26. The number of rotatable bonds is 4. The second-order valence-electron chi connectivity index (χ2n) is 2.91. The topological polar surface area (TPSA) is 88.0 Å². The minimum absolute atomic E-state index is 0.241. The summed E-state index contributed by atoms with van der Waals surface area (Å²) in [6, 6.07) is 2.75. The number of thiocarbonyl (C=S) groups is 1. The maximum atomic E-state index is 11.4. The first kappa shape index (κ1) is 11.4. The summed E-state index contributed by atoms with van der Waals surface area (Å²) in [5, 5.41) is 2.62. The van der Waals surface area contributed by atoms with Gasteiger partial charge in [-0.05, 0) is 6.07 Å². The van der Waals surface area contributed by atoms with E-state index in [-0.39, 0.29) is 11.5 Å². The number of amides is 1. The summed E-state index contributed by atoms with van der Waals surface area (Å²) < 4.78 is 0. The predicted molar refractivity (Wildman–Crippen MR) is 60.8 cm³/mol. The van der Waals surface area contributed by atoms with Gasteiger partial charge in [-0.2, -0.15) is 0 Å². The number of aromatic nitrogens is 1. The van der Waals surface area contributed by atoms with Crippen molar-refractivity contribution in [1.82, 2.24) is 10.3 Å². The van der Waals surface area contributed by atoms with Crippen molar-refractivity contribution in [2.75, 3.05) is 6.54 Å². The van der Waals surface area contributed by atoms with Crippen LogP contribution in [0.5, 0.6) is 0 Å². The number of H-pyrrole nitrogens is 1. The molecule has 1 aromatic rings. The molecular weight excluding hydrogens is 214 g/mol. The van der Waals surface area contributed by atoms with E-state index < -0.39 is 0 Å². The van der Waals surface area contributed by atoms with Crippen molar-refractivity contribution in [3.63, 3.8) is 0 Å². The Morgan fingerprint density at radius 1 is 1.53 bits per heavy atom. The van der Waals surface area contributed by atoms with Crippen molar-refractivity contribution in [2.45, 2.75) is 6.42 Å². The van der Waals surface area contributed by atoms with Gasteiger partial charge >= 0.3 is 0 Å². The second-order valence-corrected chi connectivity index (χ2v) is 3.44. The van der Waals surface area contributed by atoms with E-state index >= 15 is 0 Å². The molecule has 0 unspecified atom stereocenters. The van der Waals surface area contributed by atoms with Crippen molar-refractivity contribution >= 4 is 23.1 Å². The fourth-order valence-corrected chi connectivity index (χ4v) is 1.06. The van der Waals surface area contributed by atoms with Crippen LogP contribution in [0.3, 0.4) is 0 Å². The Labute approximate surface area is 91.7 Å². The fraction of sp³-hybridized carbons (Fsp3) is 0.222. The Balaban J connectivity index is 2.50. The van der Waals surface area contributed by atoms with Crippen molar-refractivity contribution in [3.05, 3.63) is 34.2 Å². The number of nitrogens with two attached hydrogens (primary N) is 1. The molecule has 0 aliphatic heterocycles. The molecule has 1 amide bonds. The zero-order valence-electron chi connectivity index (χ0n) is 7.95. The molecule has 0 fully saturated rings. The molecule has 0 spiro atoms. The number of carbonyl (C=O) groups excluding carboxylic acids is 1. The summed E-state index contributed by atoms with van der Waals surface area (Å²) >= 11 is 4.66.